The Morgan fingerprint density at radius 1 is 1.50 bits per heavy atom. The minimum atomic E-state index is -0.919. The fraction of sp³-hybridized carbons (Fsp3) is 0.308. The maximum atomic E-state index is 13.7. The number of imidazole rings is 1. The van der Waals surface area contributed by atoms with E-state index in [0.29, 0.717) is 11.6 Å². The van der Waals surface area contributed by atoms with Crippen molar-refractivity contribution in [3.05, 3.63) is 47.8 Å². The van der Waals surface area contributed by atoms with E-state index in [4.69, 9.17) is 4.74 Å². The SMILES string of the molecule is COc1ccc(C(O)Cc2nccn2C)c(F)c1. The van der Waals surface area contributed by atoms with Gasteiger partial charge < -0.3 is 14.4 Å². The van der Waals surface area contributed by atoms with Gasteiger partial charge in [0.1, 0.15) is 17.4 Å². The van der Waals surface area contributed by atoms with Crippen molar-refractivity contribution in [2.45, 2.75) is 12.5 Å². The van der Waals surface area contributed by atoms with E-state index in [0.717, 1.165) is 0 Å². The summed E-state index contributed by atoms with van der Waals surface area (Å²) < 4.78 is 20.5. The molecule has 4 nitrogen and oxygen atoms in total. The molecule has 1 heterocycles. The van der Waals surface area contributed by atoms with Crippen molar-refractivity contribution >= 4 is 0 Å². The molecule has 18 heavy (non-hydrogen) atoms. The summed E-state index contributed by atoms with van der Waals surface area (Å²) in [5, 5.41) is 10.0. The number of benzene rings is 1. The molecule has 0 saturated heterocycles. The molecular formula is C13H15FN2O2. The van der Waals surface area contributed by atoms with Gasteiger partial charge in [-0.1, -0.05) is 0 Å². The number of halogens is 1. The van der Waals surface area contributed by atoms with Gasteiger partial charge in [0.15, 0.2) is 0 Å². The Hall–Kier alpha value is -1.88. The number of aliphatic hydroxyl groups excluding tert-OH is 1. The molecule has 2 rings (SSSR count). The Kier molecular flexibility index (Phi) is 3.62. The lowest BCUT2D eigenvalue weighted by atomic mass is 10.1. The summed E-state index contributed by atoms with van der Waals surface area (Å²) in [7, 11) is 3.30. The Morgan fingerprint density at radius 3 is 2.83 bits per heavy atom. The van der Waals surface area contributed by atoms with Crippen molar-refractivity contribution in [3.8, 4) is 5.75 Å². The summed E-state index contributed by atoms with van der Waals surface area (Å²) in [4.78, 5) is 4.10. The summed E-state index contributed by atoms with van der Waals surface area (Å²) in [6, 6.07) is 4.42. The molecule has 1 unspecified atom stereocenters. The number of hydrogen-bond acceptors (Lipinski definition) is 3. The fourth-order valence-corrected chi connectivity index (χ4v) is 1.78. The summed E-state index contributed by atoms with van der Waals surface area (Å²) in [5.41, 5.74) is 0.249. The third kappa shape index (κ3) is 2.51. The Bertz CT molecular complexity index is 540. The monoisotopic (exact) mass is 250 g/mol. The van der Waals surface area contributed by atoms with E-state index >= 15 is 0 Å². The van der Waals surface area contributed by atoms with E-state index in [1.165, 1.54) is 19.2 Å². The molecule has 0 aliphatic carbocycles. The number of aromatic nitrogens is 2. The highest BCUT2D eigenvalue weighted by atomic mass is 19.1. The lowest BCUT2D eigenvalue weighted by molar-refractivity contribution is 0.170. The van der Waals surface area contributed by atoms with Crippen LogP contribution in [0.4, 0.5) is 4.39 Å². The first-order valence-electron chi connectivity index (χ1n) is 5.59. The highest BCUT2D eigenvalue weighted by Crippen LogP contribution is 2.24. The number of aliphatic hydroxyl groups is 1. The largest absolute Gasteiger partial charge is 0.497 e. The number of rotatable bonds is 4. The first-order valence-corrected chi connectivity index (χ1v) is 5.59. The van der Waals surface area contributed by atoms with Crippen LogP contribution in [0, 0.1) is 5.82 Å². The maximum absolute atomic E-state index is 13.7. The van der Waals surface area contributed by atoms with Gasteiger partial charge >= 0.3 is 0 Å². The molecule has 1 N–H and O–H groups in total. The molecule has 0 radical (unpaired) electrons. The van der Waals surface area contributed by atoms with Gasteiger partial charge in [-0.25, -0.2) is 9.37 Å². The van der Waals surface area contributed by atoms with Crippen LogP contribution in [0.2, 0.25) is 0 Å². The smallest absolute Gasteiger partial charge is 0.132 e. The third-order valence-corrected chi connectivity index (χ3v) is 2.86. The number of methoxy groups -OCH3 is 1. The van der Waals surface area contributed by atoms with Crippen LogP contribution in [-0.4, -0.2) is 21.8 Å². The first kappa shape index (κ1) is 12.6. The van der Waals surface area contributed by atoms with Crippen molar-refractivity contribution in [2.75, 3.05) is 7.11 Å². The molecule has 1 atom stereocenters. The minimum Gasteiger partial charge on any atom is -0.497 e. The van der Waals surface area contributed by atoms with E-state index in [9.17, 15) is 9.50 Å². The molecule has 0 fully saturated rings. The van der Waals surface area contributed by atoms with Crippen LogP contribution in [-0.2, 0) is 13.5 Å². The van der Waals surface area contributed by atoms with Crippen molar-refractivity contribution in [1.29, 1.82) is 0 Å². The summed E-state index contributed by atoms with van der Waals surface area (Å²) >= 11 is 0. The number of ether oxygens (including phenoxy) is 1. The highest BCUT2D eigenvalue weighted by molar-refractivity contribution is 5.30. The Balaban J connectivity index is 2.19. The van der Waals surface area contributed by atoms with Crippen molar-refractivity contribution < 1.29 is 14.2 Å². The molecule has 2 aromatic rings. The summed E-state index contributed by atoms with van der Waals surface area (Å²) in [5.74, 6) is 0.661. The zero-order valence-electron chi connectivity index (χ0n) is 10.3. The van der Waals surface area contributed by atoms with Gasteiger partial charge in [0.2, 0.25) is 0 Å². The van der Waals surface area contributed by atoms with Crippen molar-refractivity contribution in [2.24, 2.45) is 7.05 Å². The van der Waals surface area contributed by atoms with Gasteiger partial charge in [-0.3, -0.25) is 0 Å². The minimum absolute atomic E-state index is 0.249. The second-order valence-electron chi connectivity index (χ2n) is 4.06. The van der Waals surface area contributed by atoms with Crippen LogP contribution < -0.4 is 4.74 Å². The van der Waals surface area contributed by atoms with Crippen LogP contribution in [0.1, 0.15) is 17.5 Å². The van der Waals surface area contributed by atoms with Crippen LogP contribution in [0.5, 0.6) is 5.75 Å². The lowest BCUT2D eigenvalue weighted by Gasteiger charge is -2.12. The molecule has 0 saturated carbocycles. The number of hydrogen-bond donors (Lipinski definition) is 1. The first-order chi connectivity index (χ1) is 8.61. The highest BCUT2D eigenvalue weighted by Gasteiger charge is 2.16. The van der Waals surface area contributed by atoms with E-state index in [1.807, 2.05) is 7.05 Å². The van der Waals surface area contributed by atoms with Crippen molar-refractivity contribution in [3.63, 3.8) is 0 Å². The van der Waals surface area contributed by atoms with Gasteiger partial charge in [0.25, 0.3) is 0 Å². The average Bonchev–Trinajstić information content (AvgIpc) is 2.74. The summed E-state index contributed by atoms with van der Waals surface area (Å²) in [6.45, 7) is 0. The molecular weight excluding hydrogens is 235 g/mol. The van der Waals surface area contributed by atoms with Gasteiger partial charge in [-0.05, 0) is 12.1 Å². The zero-order chi connectivity index (χ0) is 13.1. The van der Waals surface area contributed by atoms with Crippen LogP contribution in [0.3, 0.4) is 0 Å². The van der Waals surface area contributed by atoms with Crippen LogP contribution in [0.25, 0.3) is 0 Å². The number of aryl methyl sites for hydroxylation is 1. The van der Waals surface area contributed by atoms with Crippen LogP contribution in [0.15, 0.2) is 30.6 Å². The third-order valence-electron chi connectivity index (χ3n) is 2.86. The fourth-order valence-electron chi connectivity index (χ4n) is 1.78. The molecule has 96 valence electrons. The molecule has 0 spiro atoms. The Morgan fingerprint density at radius 2 is 2.28 bits per heavy atom. The topological polar surface area (TPSA) is 47.3 Å². The van der Waals surface area contributed by atoms with Crippen molar-refractivity contribution in [1.82, 2.24) is 9.55 Å². The van der Waals surface area contributed by atoms with Gasteiger partial charge in [-0.15, -0.1) is 0 Å². The van der Waals surface area contributed by atoms with E-state index in [-0.39, 0.29) is 12.0 Å². The van der Waals surface area contributed by atoms with E-state index in [1.54, 1.807) is 23.0 Å². The van der Waals surface area contributed by atoms with Gasteiger partial charge in [-0.2, -0.15) is 0 Å². The number of nitrogens with zero attached hydrogens (tertiary/aromatic N) is 2. The molecule has 0 aliphatic rings. The second-order valence-corrected chi connectivity index (χ2v) is 4.06. The quantitative estimate of drug-likeness (QED) is 0.900. The second kappa shape index (κ2) is 5.18. The normalized spacial score (nSPS) is 12.4. The molecule has 0 aliphatic heterocycles. The van der Waals surface area contributed by atoms with E-state index < -0.39 is 11.9 Å². The molecule has 0 bridgehead atoms. The molecule has 1 aromatic carbocycles. The Labute approximate surface area is 105 Å². The lowest BCUT2D eigenvalue weighted by Crippen LogP contribution is -2.08. The van der Waals surface area contributed by atoms with Gasteiger partial charge in [0, 0.05) is 37.5 Å². The molecule has 1 aromatic heterocycles. The van der Waals surface area contributed by atoms with E-state index in [2.05, 4.69) is 4.98 Å². The molecule has 0 amide bonds. The predicted octanol–water partition coefficient (Wildman–Crippen LogP) is 1.84. The standard InChI is InChI=1S/C13H15FN2O2/c1-16-6-5-15-13(16)8-12(17)10-4-3-9(18-2)7-11(10)14/h3-7,12,17H,8H2,1-2H3. The zero-order valence-corrected chi connectivity index (χ0v) is 10.3. The van der Waals surface area contributed by atoms with Gasteiger partial charge in [0.05, 0.1) is 13.2 Å². The molecule has 5 heteroatoms. The average molecular weight is 250 g/mol. The van der Waals surface area contributed by atoms with Crippen LogP contribution >= 0.6 is 0 Å². The predicted molar refractivity (Wildman–Crippen MR) is 64.8 cm³/mol. The summed E-state index contributed by atoms with van der Waals surface area (Å²) in [6.07, 6.45) is 2.78. The maximum Gasteiger partial charge on any atom is 0.132 e.